The maximum atomic E-state index is 6.09. The number of imidazole rings is 1. The van der Waals surface area contributed by atoms with Gasteiger partial charge in [0.2, 0.25) is 0 Å². The van der Waals surface area contributed by atoms with E-state index in [0.717, 1.165) is 17.9 Å². The number of fused-ring (bicyclic) bond motifs is 1. The van der Waals surface area contributed by atoms with Crippen LogP contribution in [0.3, 0.4) is 0 Å². The zero-order valence-electron chi connectivity index (χ0n) is 11.4. The van der Waals surface area contributed by atoms with Crippen molar-refractivity contribution >= 4 is 34.4 Å². The van der Waals surface area contributed by atoms with Gasteiger partial charge in [-0.25, -0.2) is 4.98 Å². The van der Waals surface area contributed by atoms with Crippen LogP contribution in [0.25, 0.3) is 11.0 Å². The Balaban J connectivity index is 2.07. The molecule has 1 fully saturated rings. The van der Waals surface area contributed by atoms with Crippen molar-refractivity contribution < 1.29 is 0 Å². The zero-order valence-corrected chi connectivity index (χ0v) is 13.0. The predicted octanol–water partition coefficient (Wildman–Crippen LogP) is 4.37. The summed E-state index contributed by atoms with van der Waals surface area (Å²) >= 11 is 8.08. The maximum Gasteiger partial charge on any atom is 0.124 e. The summed E-state index contributed by atoms with van der Waals surface area (Å²) in [6.45, 7) is 3.17. The van der Waals surface area contributed by atoms with Crippen LogP contribution in [0.4, 0.5) is 0 Å². The Hall–Kier alpha value is -0.670. The number of alkyl halides is 1. The van der Waals surface area contributed by atoms with Gasteiger partial charge in [-0.3, -0.25) is 0 Å². The van der Waals surface area contributed by atoms with E-state index < -0.39 is 0 Å². The summed E-state index contributed by atoms with van der Waals surface area (Å²) in [6, 6.07) is 6.44. The third-order valence-electron chi connectivity index (χ3n) is 4.25. The number of thioether (sulfide) groups is 1. The average Bonchev–Trinajstić information content (AvgIpc) is 2.71. The molecule has 1 aromatic heterocycles. The van der Waals surface area contributed by atoms with Gasteiger partial charge >= 0.3 is 0 Å². The second kappa shape index (κ2) is 5.02. The third-order valence-corrected chi connectivity index (χ3v) is 5.89. The summed E-state index contributed by atoms with van der Waals surface area (Å²) in [4.78, 5) is 4.67. The van der Waals surface area contributed by atoms with Crippen molar-refractivity contribution in [2.75, 3.05) is 6.26 Å². The number of nitrogens with zero attached hydrogens (tertiary/aromatic N) is 2. The van der Waals surface area contributed by atoms with Crippen LogP contribution in [0, 0.1) is 6.92 Å². The van der Waals surface area contributed by atoms with Gasteiger partial charge in [0.05, 0.1) is 16.9 Å². The molecule has 0 radical (unpaired) electrons. The Morgan fingerprint density at radius 3 is 2.79 bits per heavy atom. The van der Waals surface area contributed by atoms with E-state index in [9.17, 15) is 0 Å². The summed E-state index contributed by atoms with van der Waals surface area (Å²) < 4.78 is 2.74. The van der Waals surface area contributed by atoms with Crippen LogP contribution in [-0.4, -0.2) is 20.6 Å². The molecule has 0 unspecified atom stereocenters. The third kappa shape index (κ3) is 2.27. The number of benzene rings is 1. The molecule has 1 aliphatic carbocycles. The first-order valence-corrected chi connectivity index (χ1v) is 8.50. The van der Waals surface area contributed by atoms with Crippen molar-refractivity contribution in [2.45, 2.75) is 43.4 Å². The Morgan fingerprint density at radius 2 is 2.21 bits per heavy atom. The molecule has 0 N–H and O–H groups in total. The molecule has 0 bridgehead atoms. The number of rotatable bonds is 4. The molecule has 102 valence electrons. The molecule has 1 heterocycles. The van der Waals surface area contributed by atoms with Gasteiger partial charge in [0.15, 0.2) is 0 Å². The van der Waals surface area contributed by atoms with Crippen molar-refractivity contribution in [3.8, 4) is 0 Å². The Morgan fingerprint density at radius 1 is 1.42 bits per heavy atom. The molecule has 4 heteroatoms. The first-order valence-electron chi connectivity index (χ1n) is 6.74. The van der Waals surface area contributed by atoms with E-state index in [1.165, 1.54) is 30.3 Å². The average molecular weight is 295 g/mol. The molecule has 1 saturated carbocycles. The van der Waals surface area contributed by atoms with Crippen LogP contribution in [0.2, 0.25) is 0 Å². The van der Waals surface area contributed by atoms with Gasteiger partial charge < -0.3 is 4.57 Å². The summed E-state index contributed by atoms with van der Waals surface area (Å²) in [5.74, 6) is 1.49. The van der Waals surface area contributed by atoms with E-state index in [-0.39, 0.29) is 0 Å². The molecule has 19 heavy (non-hydrogen) atoms. The molecule has 0 amide bonds. The topological polar surface area (TPSA) is 17.8 Å². The monoisotopic (exact) mass is 294 g/mol. The highest BCUT2D eigenvalue weighted by Gasteiger charge is 2.37. The molecular weight excluding hydrogens is 276 g/mol. The number of hydrogen-bond acceptors (Lipinski definition) is 2. The Bertz CT molecular complexity index is 596. The second-order valence-corrected chi connectivity index (χ2v) is 7.02. The lowest BCUT2D eigenvalue weighted by Crippen LogP contribution is -2.38. The standard InChI is InChI=1S/C15H19ClN2S/c1-11-4-5-12-13(8-11)18(14(9-16)17-12)10-15(19-2)6-3-7-15/h4-5,8H,3,6-7,9-10H2,1-2H3. The highest BCUT2D eigenvalue weighted by atomic mass is 35.5. The van der Waals surface area contributed by atoms with E-state index in [2.05, 4.69) is 40.9 Å². The molecule has 1 aliphatic rings. The van der Waals surface area contributed by atoms with Crippen molar-refractivity contribution in [2.24, 2.45) is 0 Å². The van der Waals surface area contributed by atoms with Crippen LogP contribution < -0.4 is 0 Å². The largest absolute Gasteiger partial charge is 0.326 e. The summed E-state index contributed by atoms with van der Waals surface area (Å²) in [5.41, 5.74) is 3.58. The number of aryl methyl sites for hydroxylation is 1. The molecule has 0 spiro atoms. The lowest BCUT2D eigenvalue weighted by Gasteiger charge is -2.41. The Kier molecular flexibility index (Phi) is 3.52. The summed E-state index contributed by atoms with van der Waals surface area (Å²) in [6.07, 6.45) is 6.19. The SMILES string of the molecule is CSC1(Cn2c(CCl)nc3ccc(C)cc32)CCC1. The van der Waals surface area contributed by atoms with Gasteiger partial charge in [0.1, 0.15) is 5.82 Å². The lowest BCUT2D eigenvalue weighted by atomic mass is 9.84. The van der Waals surface area contributed by atoms with Gasteiger partial charge in [0, 0.05) is 11.3 Å². The minimum absolute atomic E-state index is 0.401. The van der Waals surface area contributed by atoms with Crippen LogP contribution >= 0.6 is 23.4 Å². The van der Waals surface area contributed by atoms with Gasteiger partial charge in [-0.05, 0) is 43.7 Å². The molecule has 2 nitrogen and oxygen atoms in total. The molecular formula is C15H19ClN2S. The van der Waals surface area contributed by atoms with Crippen molar-refractivity contribution in [3.63, 3.8) is 0 Å². The van der Waals surface area contributed by atoms with Gasteiger partial charge in [-0.15, -0.1) is 11.6 Å². The Labute approximate surface area is 123 Å². The molecule has 0 aliphatic heterocycles. The van der Waals surface area contributed by atoms with Gasteiger partial charge in [0.25, 0.3) is 0 Å². The van der Waals surface area contributed by atoms with Crippen molar-refractivity contribution in [3.05, 3.63) is 29.6 Å². The van der Waals surface area contributed by atoms with E-state index >= 15 is 0 Å². The van der Waals surface area contributed by atoms with E-state index in [1.54, 1.807) is 0 Å². The highest BCUT2D eigenvalue weighted by molar-refractivity contribution is 8.00. The minimum Gasteiger partial charge on any atom is -0.326 e. The lowest BCUT2D eigenvalue weighted by molar-refractivity contribution is 0.322. The second-order valence-electron chi connectivity index (χ2n) is 5.48. The first-order chi connectivity index (χ1) is 9.17. The van der Waals surface area contributed by atoms with E-state index in [1.807, 2.05) is 11.8 Å². The van der Waals surface area contributed by atoms with Gasteiger partial charge in [-0.1, -0.05) is 12.5 Å². The normalized spacial score (nSPS) is 17.6. The van der Waals surface area contributed by atoms with Gasteiger partial charge in [-0.2, -0.15) is 11.8 Å². The smallest absolute Gasteiger partial charge is 0.124 e. The van der Waals surface area contributed by atoms with Crippen LogP contribution in [0.5, 0.6) is 0 Å². The quantitative estimate of drug-likeness (QED) is 0.779. The van der Waals surface area contributed by atoms with Crippen LogP contribution in [-0.2, 0) is 12.4 Å². The summed E-state index contributed by atoms with van der Waals surface area (Å²) in [5, 5.41) is 0. The number of hydrogen-bond donors (Lipinski definition) is 0. The van der Waals surface area contributed by atoms with Crippen LogP contribution in [0.1, 0.15) is 30.7 Å². The predicted molar refractivity (Wildman–Crippen MR) is 84.1 cm³/mol. The fourth-order valence-corrected chi connectivity index (χ4v) is 4.01. The molecule has 0 saturated heterocycles. The molecule has 0 atom stereocenters. The highest BCUT2D eigenvalue weighted by Crippen LogP contribution is 2.44. The molecule has 2 aromatic rings. The number of aromatic nitrogens is 2. The maximum absolute atomic E-state index is 6.09. The summed E-state index contributed by atoms with van der Waals surface area (Å²) in [7, 11) is 0. The number of halogens is 1. The zero-order chi connectivity index (χ0) is 13.5. The fourth-order valence-electron chi connectivity index (χ4n) is 2.85. The molecule has 3 rings (SSSR count). The van der Waals surface area contributed by atoms with Crippen molar-refractivity contribution in [1.82, 2.24) is 9.55 Å². The van der Waals surface area contributed by atoms with Crippen molar-refractivity contribution in [1.29, 1.82) is 0 Å². The fraction of sp³-hybridized carbons (Fsp3) is 0.533. The first kappa shape index (κ1) is 13.3. The molecule has 1 aromatic carbocycles. The minimum atomic E-state index is 0.401. The van der Waals surface area contributed by atoms with E-state index in [4.69, 9.17) is 11.6 Å². The van der Waals surface area contributed by atoms with E-state index in [0.29, 0.717) is 10.6 Å². The van der Waals surface area contributed by atoms with Crippen LogP contribution in [0.15, 0.2) is 18.2 Å².